The molecule has 0 aromatic rings. The van der Waals surface area contributed by atoms with Gasteiger partial charge in [0.15, 0.2) is 12.1 Å². The van der Waals surface area contributed by atoms with Crippen molar-refractivity contribution in [1.82, 2.24) is 0 Å². The van der Waals surface area contributed by atoms with E-state index in [0.717, 1.165) is 44.9 Å². The van der Waals surface area contributed by atoms with Gasteiger partial charge in [0.05, 0.1) is 34.4 Å². The van der Waals surface area contributed by atoms with Crippen LogP contribution < -0.4 is 0 Å². The number of allylic oxidation sites excluding steroid dienone is 14. The minimum atomic E-state index is -0.893. The third-order valence-electron chi connectivity index (χ3n) is 8.62. The normalized spacial score (nSPS) is 13.9. The van der Waals surface area contributed by atoms with Gasteiger partial charge in [-0.15, -0.1) is 0 Å². The van der Waals surface area contributed by atoms with Crippen molar-refractivity contribution in [1.29, 1.82) is 0 Å². The molecule has 0 rings (SSSR count). The van der Waals surface area contributed by atoms with Gasteiger partial charge in [0.1, 0.15) is 6.61 Å². The second kappa shape index (κ2) is 36.5. The summed E-state index contributed by atoms with van der Waals surface area (Å²) in [7, 11) is 5.48. The fraction of sp³-hybridized carbons (Fsp3) is 0.630. The van der Waals surface area contributed by atoms with E-state index in [1.165, 1.54) is 44.9 Å². The monoisotopic (exact) mass is 755 g/mol. The molecule has 0 saturated carbocycles. The third kappa shape index (κ3) is 34.3. The smallest absolute Gasteiger partial charge is 0.362 e. The van der Waals surface area contributed by atoms with Gasteiger partial charge in [-0.25, -0.2) is 4.79 Å². The molecule has 8 heteroatoms. The zero-order chi connectivity index (χ0) is 40.0. The molecule has 0 spiro atoms. The maximum Gasteiger partial charge on any atom is 0.362 e. The van der Waals surface area contributed by atoms with Crippen LogP contribution in [0.15, 0.2) is 85.1 Å². The first kappa shape index (κ1) is 50.5. The summed E-state index contributed by atoms with van der Waals surface area (Å²) in [5.74, 6) is -1.60. The lowest BCUT2D eigenvalue weighted by Gasteiger charge is -2.31. The first-order valence-corrected chi connectivity index (χ1v) is 20.7. The molecule has 0 radical (unpaired) electrons. The number of carboxylic acid groups (broad SMARTS) is 1. The number of ether oxygens (including phenoxy) is 3. The summed E-state index contributed by atoms with van der Waals surface area (Å²) in [5, 5.41) is 9.60. The molecule has 2 unspecified atom stereocenters. The number of carbonyl (C=O) groups excluding carboxylic acids is 2. The summed E-state index contributed by atoms with van der Waals surface area (Å²) >= 11 is 0. The molecule has 1 N–H and O–H groups in total. The molecular weight excluding hydrogens is 679 g/mol. The van der Waals surface area contributed by atoms with Crippen LogP contribution in [0.25, 0.3) is 0 Å². The summed E-state index contributed by atoms with van der Waals surface area (Å²) in [6.07, 6.45) is 46.4. The molecule has 0 aromatic heterocycles. The summed E-state index contributed by atoms with van der Waals surface area (Å²) in [5.41, 5.74) is 0. The molecule has 0 aromatic carbocycles. The summed E-state index contributed by atoms with van der Waals surface area (Å²) in [6, 6.07) is -0.633. The van der Waals surface area contributed by atoms with Crippen LogP contribution in [0, 0.1) is 0 Å². The number of rotatable bonds is 35. The van der Waals surface area contributed by atoms with E-state index in [0.29, 0.717) is 19.3 Å². The topological polar surface area (TPSA) is 99.1 Å². The van der Waals surface area contributed by atoms with Crippen molar-refractivity contribution in [2.24, 2.45) is 0 Å². The number of likely N-dealkylation sites (N-methyl/N-ethyl adjacent to an activating group) is 1. The van der Waals surface area contributed by atoms with E-state index >= 15 is 0 Å². The van der Waals surface area contributed by atoms with Crippen LogP contribution in [-0.4, -0.2) is 80.6 Å². The Balaban J connectivity index is 4.54. The van der Waals surface area contributed by atoms with Crippen LogP contribution in [-0.2, 0) is 28.6 Å². The lowest BCUT2D eigenvalue weighted by Crippen LogP contribution is -2.50. The molecule has 306 valence electrons. The van der Waals surface area contributed by atoms with Crippen molar-refractivity contribution in [3.8, 4) is 0 Å². The molecule has 0 aliphatic heterocycles. The second-order valence-electron chi connectivity index (χ2n) is 14.6. The van der Waals surface area contributed by atoms with Crippen molar-refractivity contribution in [3.63, 3.8) is 0 Å². The van der Waals surface area contributed by atoms with E-state index in [4.69, 9.17) is 14.2 Å². The Morgan fingerprint density at radius 1 is 0.593 bits per heavy atom. The number of hydrogen-bond acceptors (Lipinski definition) is 6. The van der Waals surface area contributed by atoms with Crippen molar-refractivity contribution in [2.45, 2.75) is 148 Å². The number of esters is 2. The van der Waals surface area contributed by atoms with Crippen LogP contribution in [0.1, 0.15) is 136 Å². The molecule has 0 aliphatic carbocycles. The molecule has 2 atom stereocenters. The number of carbonyl (C=O) groups is 3. The van der Waals surface area contributed by atoms with E-state index in [1.807, 2.05) is 57.6 Å². The van der Waals surface area contributed by atoms with Gasteiger partial charge in [-0.2, -0.15) is 0 Å². The average molecular weight is 755 g/mol. The Bertz CT molecular complexity index is 1160. The summed E-state index contributed by atoms with van der Waals surface area (Å²) in [6.45, 7) is 4.46. The Morgan fingerprint density at radius 2 is 1.13 bits per heavy atom. The van der Waals surface area contributed by atoms with Gasteiger partial charge in [0, 0.05) is 19.3 Å². The van der Waals surface area contributed by atoms with E-state index < -0.39 is 18.1 Å². The molecule has 0 bridgehead atoms. The molecule has 8 nitrogen and oxygen atoms in total. The Morgan fingerprint density at radius 3 is 1.76 bits per heavy atom. The van der Waals surface area contributed by atoms with Crippen molar-refractivity contribution >= 4 is 17.9 Å². The third-order valence-corrected chi connectivity index (χ3v) is 8.62. The standard InChI is InChI=1S/C46H75NO7/c1-6-8-10-12-14-16-18-20-21-22-23-25-26-28-30-32-34-36-44(48)53-41-42(40-52-39-38-43(46(50)51)47(3,4)5)54-45(49)37-35-33-31-29-27-24-19-17-15-13-11-9-7-2/h9,11,13,15,17,19-21,23-25,27-28,30,42-43H,6-8,10,12,14,16,18,22,26,29,31-41H2,1-5H3/p+1/b11-9+,15-13+,19-17+,21-20+,25-23+,27-24+,30-28+. The summed E-state index contributed by atoms with van der Waals surface area (Å²) in [4.78, 5) is 36.8. The lowest BCUT2D eigenvalue weighted by molar-refractivity contribution is -0.887. The molecule has 0 fully saturated rings. The molecule has 54 heavy (non-hydrogen) atoms. The van der Waals surface area contributed by atoms with Gasteiger partial charge in [0.25, 0.3) is 0 Å². The SMILES string of the molecule is CC/C=C/C=C/C=C/C=C/CCCCCC(=O)OC(COCCC(C(=O)O)[N+](C)(C)C)COC(=O)CCC/C=C/C/C=C/C/C=C/CCCCCCCC. The van der Waals surface area contributed by atoms with Crippen LogP contribution >= 0.6 is 0 Å². The fourth-order valence-corrected chi connectivity index (χ4v) is 5.41. The van der Waals surface area contributed by atoms with Gasteiger partial charge < -0.3 is 23.8 Å². The number of aliphatic carboxylic acids is 1. The molecule has 0 saturated heterocycles. The van der Waals surface area contributed by atoms with Gasteiger partial charge in [-0.05, 0) is 64.2 Å². The van der Waals surface area contributed by atoms with Crippen LogP contribution in [0.2, 0.25) is 0 Å². The molecule has 0 heterocycles. The van der Waals surface area contributed by atoms with Gasteiger partial charge in [0.2, 0.25) is 0 Å². The average Bonchev–Trinajstić information content (AvgIpc) is 3.12. The van der Waals surface area contributed by atoms with E-state index in [1.54, 1.807) is 0 Å². The van der Waals surface area contributed by atoms with Crippen molar-refractivity contribution < 1.29 is 38.2 Å². The zero-order valence-corrected chi connectivity index (χ0v) is 34.6. The second-order valence-corrected chi connectivity index (χ2v) is 14.6. The number of quaternary nitrogens is 1. The number of carboxylic acids is 1. The zero-order valence-electron chi connectivity index (χ0n) is 34.6. The van der Waals surface area contributed by atoms with Gasteiger partial charge in [-0.1, -0.05) is 137 Å². The first-order valence-electron chi connectivity index (χ1n) is 20.7. The number of nitrogens with zero attached hydrogens (tertiary/aromatic N) is 1. The maximum atomic E-state index is 12.7. The van der Waals surface area contributed by atoms with Crippen LogP contribution in [0.5, 0.6) is 0 Å². The Kier molecular flexibility index (Phi) is 34.1. The number of unbranched alkanes of at least 4 members (excludes halogenated alkanes) is 10. The first-order chi connectivity index (χ1) is 26.1. The molecule has 0 amide bonds. The lowest BCUT2D eigenvalue weighted by atomic mass is 10.1. The highest BCUT2D eigenvalue weighted by molar-refractivity contribution is 5.72. The van der Waals surface area contributed by atoms with Crippen LogP contribution in [0.4, 0.5) is 0 Å². The predicted molar refractivity (Wildman–Crippen MR) is 224 cm³/mol. The Labute approximate surface area is 329 Å². The maximum absolute atomic E-state index is 12.7. The molecular formula is C46H76NO7+. The number of hydrogen-bond donors (Lipinski definition) is 1. The molecule has 0 aliphatic rings. The fourth-order valence-electron chi connectivity index (χ4n) is 5.41. The minimum Gasteiger partial charge on any atom is -0.477 e. The quantitative estimate of drug-likeness (QED) is 0.0226. The van der Waals surface area contributed by atoms with E-state index in [2.05, 4.69) is 62.5 Å². The van der Waals surface area contributed by atoms with E-state index in [-0.39, 0.29) is 49.1 Å². The predicted octanol–water partition coefficient (Wildman–Crippen LogP) is 11.0. The highest BCUT2D eigenvalue weighted by Crippen LogP contribution is 2.11. The largest absolute Gasteiger partial charge is 0.477 e. The van der Waals surface area contributed by atoms with Gasteiger partial charge in [-0.3, -0.25) is 9.59 Å². The van der Waals surface area contributed by atoms with Crippen molar-refractivity contribution in [3.05, 3.63) is 85.1 Å². The van der Waals surface area contributed by atoms with Gasteiger partial charge >= 0.3 is 17.9 Å². The van der Waals surface area contributed by atoms with E-state index in [9.17, 15) is 19.5 Å². The minimum absolute atomic E-state index is 0.0239. The summed E-state index contributed by atoms with van der Waals surface area (Å²) < 4.78 is 17.1. The highest BCUT2D eigenvalue weighted by Gasteiger charge is 2.31. The van der Waals surface area contributed by atoms with Crippen molar-refractivity contribution in [2.75, 3.05) is 41.0 Å². The highest BCUT2D eigenvalue weighted by atomic mass is 16.6. The Hall–Kier alpha value is -3.49. The van der Waals surface area contributed by atoms with Crippen LogP contribution in [0.3, 0.4) is 0 Å².